The number of halogens is 2. The molecule has 0 radical (unpaired) electrons. The monoisotopic (exact) mass is 354 g/mol. The molecule has 0 aliphatic carbocycles. The molecule has 25 heavy (non-hydrogen) atoms. The van der Waals surface area contributed by atoms with Crippen LogP contribution in [0.4, 0.5) is 8.78 Å². The Balaban J connectivity index is 1.94. The molecule has 1 aromatic rings. The normalized spacial score (nSPS) is 17.2. The van der Waals surface area contributed by atoms with Crippen LogP contribution >= 0.6 is 0 Å². The summed E-state index contributed by atoms with van der Waals surface area (Å²) in [5, 5.41) is 11.6. The number of likely N-dealkylation sites (tertiary alicyclic amines) is 1. The molecule has 1 aromatic carbocycles. The zero-order chi connectivity index (χ0) is 18.4. The number of carboxylic acid groups (broad SMARTS) is 1. The van der Waals surface area contributed by atoms with E-state index in [2.05, 4.69) is 17.1 Å². The van der Waals surface area contributed by atoms with Gasteiger partial charge in [-0.25, -0.2) is 13.6 Å². The van der Waals surface area contributed by atoms with Gasteiger partial charge in [-0.3, -0.25) is 4.79 Å². The third kappa shape index (κ3) is 5.49. The molecule has 2 N–H and O–H groups in total. The van der Waals surface area contributed by atoms with Gasteiger partial charge in [-0.1, -0.05) is 13.0 Å². The minimum atomic E-state index is -1.52. The van der Waals surface area contributed by atoms with Gasteiger partial charge >= 0.3 is 5.97 Å². The molecular formula is C18H24F2N2O3. The minimum absolute atomic E-state index is 0.195. The first-order valence-corrected chi connectivity index (χ1v) is 8.60. The van der Waals surface area contributed by atoms with E-state index in [0.29, 0.717) is 6.07 Å². The molecule has 1 saturated heterocycles. The Morgan fingerprint density at radius 3 is 2.56 bits per heavy atom. The zero-order valence-corrected chi connectivity index (χ0v) is 14.3. The number of hydrogen-bond acceptors (Lipinski definition) is 3. The van der Waals surface area contributed by atoms with E-state index < -0.39 is 29.6 Å². The molecule has 1 aliphatic heterocycles. The van der Waals surface area contributed by atoms with Gasteiger partial charge in [0.25, 0.3) is 0 Å². The van der Waals surface area contributed by atoms with Gasteiger partial charge in [-0.15, -0.1) is 0 Å². The Morgan fingerprint density at radius 1 is 1.32 bits per heavy atom. The van der Waals surface area contributed by atoms with Crippen LogP contribution in [-0.4, -0.2) is 41.5 Å². The van der Waals surface area contributed by atoms with Gasteiger partial charge in [-0.05, 0) is 50.9 Å². The maximum atomic E-state index is 13.8. The van der Waals surface area contributed by atoms with Crippen molar-refractivity contribution in [3.8, 4) is 0 Å². The summed E-state index contributed by atoms with van der Waals surface area (Å²) in [6.07, 6.45) is 3.08. The van der Waals surface area contributed by atoms with E-state index in [1.54, 1.807) is 0 Å². The van der Waals surface area contributed by atoms with E-state index in [0.717, 1.165) is 51.0 Å². The Kier molecular flexibility index (Phi) is 6.87. The van der Waals surface area contributed by atoms with Gasteiger partial charge in [0.05, 0.1) is 0 Å². The molecule has 0 spiro atoms. The zero-order valence-electron chi connectivity index (χ0n) is 14.3. The summed E-state index contributed by atoms with van der Waals surface area (Å²) in [5.41, 5.74) is -0.250. The highest BCUT2D eigenvalue weighted by Gasteiger charge is 2.27. The predicted octanol–water partition coefficient (Wildman–Crippen LogP) is 2.72. The molecule has 138 valence electrons. The molecule has 2 rings (SSSR count). The molecule has 7 heteroatoms. The fourth-order valence-corrected chi connectivity index (χ4v) is 3.22. The van der Waals surface area contributed by atoms with Gasteiger partial charge in [-0.2, -0.15) is 0 Å². The maximum absolute atomic E-state index is 13.8. The summed E-state index contributed by atoms with van der Waals surface area (Å²) in [7, 11) is 0. The van der Waals surface area contributed by atoms with Gasteiger partial charge in [0, 0.05) is 18.1 Å². The van der Waals surface area contributed by atoms with Crippen LogP contribution in [0.25, 0.3) is 0 Å². The van der Waals surface area contributed by atoms with Crippen molar-refractivity contribution in [1.82, 2.24) is 10.2 Å². The molecule has 1 atom stereocenters. The van der Waals surface area contributed by atoms with E-state index in [9.17, 15) is 23.5 Å². The van der Waals surface area contributed by atoms with Crippen molar-refractivity contribution < 1.29 is 23.5 Å². The van der Waals surface area contributed by atoms with E-state index in [-0.39, 0.29) is 17.9 Å². The summed E-state index contributed by atoms with van der Waals surface area (Å²) >= 11 is 0. The second-order valence-electron chi connectivity index (χ2n) is 6.49. The molecule has 1 aliphatic rings. The molecular weight excluding hydrogens is 330 g/mol. The van der Waals surface area contributed by atoms with Crippen LogP contribution in [0.3, 0.4) is 0 Å². The number of nitrogens with one attached hydrogen (secondary N) is 1. The first kappa shape index (κ1) is 19.3. The van der Waals surface area contributed by atoms with Crippen molar-refractivity contribution >= 4 is 11.9 Å². The van der Waals surface area contributed by atoms with E-state index in [1.807, 2.05) is 0 Å². The number of aliphatic carboxylic acids is 1. The van der Waals surface area contributed by atoms with Crippen molar-refractivity contribution in [2.45, 2.75) is 38.6 Å². The summed E-state index contributed by atoms with van der Waals surface area (Å²) in [6.45, 7) is 5.03. The highest BCUT2D eigenvalue weighted by Crippen LogP contribution is 2.22. The number of nitrogens with zero attached hydrogens (tertiary/aromatic N) is 1. The van der Waals surface area contributed by atoms with E-state index in [1.165, 1.54) is 0 Å². The lowest BCUT2D eigenvalue weighted by atomic mass is 9.93. The van der Waals surface area contributed by atoms with Crippen molar-refractivity contribution in [2.24, 2.45) is 5.92 Å². The van der Waals surface area contributed by atoms with Gasteiger partial charge in [0.15, 0.2) is 6.04 Å². The quantitative estimate of drug-likeness (QED) is 0.790. The minimum Gasteiger partial charge on any atom is -0.479 e. The third-order valence-electron chi connectivity index (χ3n) is 4.55. The SMILES string of the molecule is CCCN1CCC(CC(=O)N[C@@H](C(=O)O)c2ccc(F)cc2F)CC1. The van der Waals surface area contributed by atoms with Crippen LogP contribution in [-0.2, 0) is 9.59 Å². The third-order valence-corrected chi connectivity index (χ3v) is 4.55. The second kappa shape index (κ2) is 8.89. The number of carbonyl (C=O) groups excluding carboxylic acids is 1. The van der Waals surface area contributed by atoms with Crippen molar-refractivity contribution in [3.05, 3.63) is 35.4 Å². The standard InChI is InChI=1S/C18H24F2N2O3/c1-2-7-22-8-5-12(6-9-22)10-16(23)21-17(18(24)25)14-4-3-13(19)11-15(14)20/h3-4,11-12,17H,2,5-10H2,1H3,(H,21,23)(H,24,25)/t17-/m1/s1. The molecule has 0 bridgehead atoms. The maximum Gasteiger partial charge on any atom is 0.331 e. The average molecular weight is 354 g/mol. The number of carboxylic acids is 1. The number of carbonyl (C=O) groups is 2. The van der Waals surface area contributed by atoms with Gasteiger partial charge in [0.1, 0.15) is 11.6 Å². The number of piperidine rings is 1. The highest BCUT2D eigenvalue weighted by molar-refractivity contribution is 5.84. The molecule has 0 unspecified atom stereocenters. The lowest BCUT2D eigenvalue weighted by Gasteiger charge is -2.31. The lowest BCUT2D eigenvalue weighted by Crippen LogP contribution is -2.38. The van der Waals surface area contributed by atoms with Crippen LogP contribution in [0.5, 0.6) is 0 Å². The van der Waals surface area contributed by atoms with Crippen LogP contribution in [0.2, 0.25) is 0 Å². The average Bonchev–Trinajstić information content (AvgIpc) is 2.55. The number of benzene rings is 1. The molecule has 1 heterocycles. The molecule has 5 nitrogen and oxygen atoms in total. The smallest absolute Gasteiger partial charge is 0.331 e. The molecule has 1 amide bonds. The highest BCUT2D eigenvalue weighted by atomic mass is 19.1. The molecule has 0 aromatic heterocycles. The van der Waals surface area contributed by atoms with Crippen LogP contribution in [0, 0.1) is 17.6 Å². The van der Waals surface area contributed by atoms with Crippen LogP contribution in [0.1, 0.15) is 44.2 Å². The summed E-state index contributed by atoms with van der Waals surface area (Å²) in [4.78, 5) is 25.9. The van der Waals surface area contributed by atoms with Crippen molar-refractivity contribution in [3.63, 3.8) is 0 Å². The van der Waals surface area contributed by atoms with Gasteiger partial charge < -0.3 is 15.3 Å². The first-order valence-electron chi connectivity index (χ1n) is 8.60. The van der Waals surface area contributed by atoms with E-state index in [4.69, 9.17) is 0 Å². The fourth-order valence-electron chi connectivity index (χ4n) is 3.22. The summed E-state index contributed by atoms with van der Waals surface area (Å²) in [6, 6.07) is 1.12. The van der Waals surface area contributed by atoms with Crippen LogP contribution in [0.15, 0.2) is 18.2 Å². The first-order chi connectivity index (χ1) is 11.9. The van der Waals surface area contributed by atoms with E-state index >= 15 is 0 Å². The Hall–Kier alpha value is -2.02. The molecule has 0 saturated carbocycles. The Morgan fingerprint density at radius 2 is 2.00 bits per heavy atom. The molecule has 1 fully saturated rings. The fraction of sp³-hybridized carbons (Fsp3) is 0.556. The topological polar surface area (TPSA) is 69.6 Å². The number of amides is 1. The Labute approximate surface area is 146 Å². The van der Waals surface area contributed by atoms with Crippen LogP contribution < -0.4 is 5.32 Å². The summed E-state index contributed by atoms with van der Waals surface area (Å²) in [5.74, 6) is -3.39. The lowest BCUT2D eigenvalue weighted by molar-refractivity contribution is -0.142. The Bertz CT molecular complexity index is 616. The predicted molar refractivity (Wildman–Crippen MR) is 88.9 cm³/mol. The number of hydrogen-bond donors (Lipinski definition) is 2. The van der Waals surface area contributed by atoms with Crippen molar-refractivity contribution in [2.75, 3.05) is 19.6 Å². The van der Waals surface area contributed by atoms with Gasteiger partial charge in [0.2, 0.25) is 5.91 Å². The van der Waals surface area contributed by atoms with Crippen molar-refractivity contribution in [1.29, 1.82) is 0 Å². The summed E-state index contributed by atoms with van der Waals surface area (Å²) < 4.78 is 26.8. The second-order valence-corrected chi connectivity index (χ2v) is 6.49. The largest absolute Gasteiger partial charge is 0.479 e. The number of rotatable bonds is 7.